The number of hydrogen-bond donors (Lipinski definition) is 1. The van der Waals surface area contributed by atoms with Crippen LogP contribution in [0.4, 0.5) is 13.2 Å². The standard InChI is InChI=1S/C20H23F3N2O/c1-13-11-25(19(26)20(21,22)23)12-16(13)10-24-14(2)17-9-5-7-15-6-3-4-8-18(15)17/h3-9,13-14,16,24H,10-12H2,1-2H3/t13?,14-,16?/m1/s1. The molecular formula is C20H23F3N2O. The number of halogens is 3. The fourth-order valence-corrected chi connectivity index (χ4v) is 3.71. The molecule has 3 atom stereocenters. The molecule has 26 heavy (non-hydrogen) atoms. The monoisotopic (exact) mass is 364 g/mol. The molecule has 6 heteroatoms. The highest BCUT2D eigenvalue weighted by Gasteiger charge is 2.46. The minimum Gasteiger partial charge on any atom is -0.334 e. The Labute approximate surface area is 151 Å². The van der Waals surface area contributed by atoms with E-state index in [4.69, 9.17) is 0 Å². The van der Waals surface area contributed by atoms with Gasteiger partial charge in [0.25, 0.3) is 0 Å². The van der Waals surface area contributed by atoms with Gasteiger partial charge in [-0.25, -0.2) is 0 Å². The minimum absolute atomic E-state index is 0.0127. The van der Waals surface area contributed by atoms with Crippen LogP contribution in [0, 0.1) is 11.8 Å². The largest absolute Gasteiger partial charge is 0.471 e. The zero-order chi connectivity index (χ0) is 18.9. The number of amides is 1. The Hall–Kier alpha value is -2.08. The van der Waals surface area contributed by atoms with Crippen molar-refractivity contribution in [3.63, 3.8) is 0 Å². The average Bonchev–Trinajstić information content (AvgIpc) is 2.98. The van der Waals surface area contributed by atoms with Crippen molar-refractivity contribution in [2.24, 2.45) is 11.8 Å². The zero-order valence-electron chi connectivity index (χ0n) is 14.9. The topological polar surface area (TPSA) is 32.3 Å². The van der Waals surface area contributed by atoms with Crippen LogP contribution in [0.25, 0.3) is 10.8 Å². The Morgan fingerprint density at radius 3 is 2.62 bits per heavy atom. The molecule has 1 aliphatic rings. The molecule has 1 amide bonds. The van der Waals surface area contributed by atoms with Gasteiger partial charge < -0.3 is 10.2 Å². The molecule has 0 saturated carbocycles. The average molecular weight is 364 g/mol. The molecule has 0 spiro atoms. The molecule has 1 N–H and O–H groups in total. The summed E-state index contributed by atoms with van der Waals surface area (Å²) in [4.78, 5) is 12.4. The number of hydrogen-bond acceptors (Lipinski definition) is 2. The van der Waals surface area contributed by atoms with Crippen molar-refractivity contribution >= 4 is 16.7 Å². The van der Waals surface area contributed by atoms with Crippen LogP contribution in [0.2, 0.25) is 0 Å². The van der Waals surface area contributed by atoms with Gasteiger partial charge in [0.2, 0.25) is 0 Å². The fourth-order valence-electron chi connectivity index (χ4n) is 3.71. The molecule has 140 valence electrons. The molecule has 0 bridgehead atoms. The first-order valence-electron chi connectivity index (χ1n) is 8.84. The molecule has 0 aliphatic carbocycles. The summed E-state index contributed by atoms with van der Waals surface area (Å²) < 4.78 is 37.9. The number of carbonyl (C=O) groups is 1. The van der Waals surface area contributed by atoms with E-state index in [0.717, 1.165) is 15.8 Å². The summed E-state index contributed by atoms with van der Waals surface area (Å²) in [5, 5.41) is 5.77. The van der Waals surface area contributed by atoms with Gasteiger partial charge in [0.15, 0.2) is 0 Å². The van der Waals surface area contributed by atoms with Crippen LogP contribution < -0.4 is 5.32 Å². The van der Waals surface area contributed by atoms with Crippen LogP contribution in [0.5, 0.6) is 0 Å². The highest BCUT2D eigenvalue weighted by molar-refractivity contribution is 5.86. The summed E-state index contributed by atoms with van der Waals surface area (Å²) >= 11 is 0. The number of nitrogens with one attached hydrogen (secondary N) is 1. The lowest BCUT2D eigenvalue weighted by Gasteiger charge is -2.21. The summed E-state index contributed by atoms with van der Waals surface area (Å²) in [6.45, 7) is 4.84. The highest BCUT2D eigenvalue weighted by Crippen LogP contribution is 2.29. The van der Waals surface area contributed by atoms with Crippen molar-refractivity contribution in [3.8, 4) is 0 Å². The van der Waals surface area contributed by atoms with Gasteiger partial charge in [0.05, 0.1) is 0 Å². The van der Waals surface area contributed by atoms with E-state index in [0.29, 0.717) is 6.54 Å². The normalized spacial score (nSPS) is 22.0. The molecule has 0 radical (unpaired) electrons. The molecule has 2 aromatic carbocycles. The lowest BCUT2D eigenvalue weighted by Crippen LogP contribution is -2.40. The molecule has 3 nitrogen and oxygen atoms in total. The number of carbonyl (C=O) groups excluding carboxylic acids is 1. The van der Waals surface area contributed by atoms with Crippen LogP contribution in [0.15, 0.2) is 42.5 Å². The maximum Gasteiger partial charge on any atom is 0.471 e. The summed E-state index contributed by atoms with van der Waals surface area (Å²) in [5.41, 5.74) is 1.16. The Balaban J connectivity index is 1.64. The van der Waals surface area contributed by atoms with Crippen molar-refractivity contribution in [2.75, 3.05) is 19.6 Å². The van der Waals surface area contributed by atoms with Crippen molar-refractivity contribution in [1.29, 1.82) is 0 Å². The van der Waals surface area contributed by atoms with Gasteiger partial charge in [-0.2, -0.15) is 13.2 Å². The van der Waals surface area contributed by atoms with Crippen molar-refractivity contribution in [2.45, 2.75) is 26.1 Å². The zero-order valence-corrected chi connectivity index (χ0v) is 14.9. The van der Waals surface area contributed by atoms with E-state index in [2.05, 4.69) is 36.5 Å². The second kappa shape index (κ2) is 7.27. The van der Waals surface area contributed by atoms with Crippen LogP contribution in [-0.2, 0) is 4.79 Å². The SMILES string of the molecule is CC1CN(C(=O)C(F)(F)F)CC1CN[C@H](C)c1cccc2ccccc12. The Kier molecular flexibility index (Phi) is 5.23. The lowest BCUT2D eigenvalue weighted by atomic mass is 9.96. The van der Waals surface area contributed by atoms with Gasteiger partial charge in [-0.3, -0.25) is 4.79 Å². The Morgan fingerprint density at radius 2 is 1.88 bits per heavy atom. The van der Waals surface area contributed by atoms with Gasteiger partial charge in [0, 0.05) is 25.7 Å². The first-order chi connectivity index (χ1) is 12.3. The fraction of sp³-hybridized carbons (Fsp3) is 0.450. The molecular weight excluding hydrogens is 341 g/mol. The molecule has 0 aromatic heterocycles. The van der Waals surface area contributed by atoms with E-state index in [1.807, 2.05) is 25.1 Å². The molecule has 2 unspecified atom stereocenters. The molecule has 2 aromatic rings. The molecule has 3 rings (SSSR count). The maximum atomic E-state index is 12.6. The molecule has 1 aliphatic heterocycles. The van der Waals surface area contributed by atoms with Crippen LogP contribution in [0.1, 0.15) is 25.5 Å². The third-order valence-corrected chi connectivity index (χ3v) is 5.27. The minimum atomic E-state index is -4.79. The van der Waals surface area contributed by atoms with E-state index in [9.17, 15) is 18.0 Å². The third kappa shape index (κ3) is 3.85. The summed E-state index contributed by atoms with van der Waals surface area (Å²) in [7, 11) is 0. The lowest BCUT2D eigenvalue weighted by molar-refractivity contribution is -0.184. The van der Waals surface area contributed by atoms with Gasteiger partial charge in [-0.15, -0.1) is 0 Å². The third-order valence-electron chi connectivity index (χ3n) is 5.27. The first kappa shape index (κ1) is 18.7. The van der Waals surface area contributed by atoms with Crippen molar-refractivity contribution in [3.05, 3.63) is 48.0 Å². The first-order valence-corrected chi connectivity index (χ1v) is 8.84. The van der Waals surface area contributed by atoms with Crippen molar-refractivity contribution < 1.29 is 18.0 Å². The predicted octanol–water partition coefficient (Wildman–Crippen LogP) is 4.15. The second-order valence-corrected chi connectivity index (χ2v) is 7.14. The van der Waals surface area contributed by atoms with Gasteiger partial charge >= 0.3 is 12.1 Å². The quantitative estimate of drug-likeness (QED) is 0.884. The number of benzene rings is 2. The molecule has 1 fully saturated rings. The summed E-state index contributed by atoms with van der Waals surface area (Å²) in [6.07, 6.45) is -4.79. The van der Waals surface area contributed by atoms with Crippen LogP contribution in [-0.4, -0.2) is 36.6 Å². The van der Waals surface area contributed by atoms with E-state index >= 15 is 0 Å². The number of likely N-dealkylation sites (tertiary alicyclic amines) is 1. The number of nitrogens with zero attached hydrogens (tertiary/aromatic N) is 1. The summed E-state index contributed by atoms with van der Waals surface area (Å²) in [6, 6.07) is 14.3. The van der Waals surface area contributed by atoms with E-state index < -0.39 is 12.1 Å². The van der Waals surface area contributed by atoms with Gasteiger partial charge in [-0.1, -0.05) is 49.4 Å². The maximum absolute atomic E-state index is 12.6. The Bertz CT molecular complexity index is 785. The number of alkyl halides is 3. The molecule has 1 saturated heterocycles. The highest BCUT2D eigenvalue weighted by atomic mass is 19.4. The van der Waals surface area contributed by atoms with Crippen LogP contribution in [0.3, 0.4) is 0 Å². The number of rotatable bonds is 4. The number of fused-ring (bicyclic) bond motifs is 1. The van der Waals surface area contributed by atoms with E-state index in [-0.39, 0.29) is 31.0 Å². The van der Waals surface area contributed by atoms with Crippen molar-refractivity contribution in [1.82, 2.24) is 10.2 Å². The smallest absolute Gasteiger partial charge is 0.334 e. The van der Waals surface area contributed by atoms with E-state index in [1.165, 1.54) is 5.39 Å². The predicted molar refractivity (Wildman–Crippen MR) is 95.7 cm³/mol. The van der Waals surface area contributed by atoms with Gasteiger partial charge in [0.1, 0.15) is 0 Å². The molecule has 1 heterocycles. The van der Waals surface area contributed by atoms with Gasteiger partial charge in [-0.05, 0) is 35.1 Å². The second-order valence-electron chi connectivity index (χ2n) is 7.14. The summed E-state index contributed by atoms with van der Waals surface area (Å²) in [5.74, 6) is -1.68. The van der Waals surface area contributed by atoms with E-state index in [1.54, 1.807) is 0 Å². The Morgan fingerprint density at radius 1 is 1.19 bits per heavy atom. The van der Waals surface area contributed by atoms with Crippen LogP contribution >= 0.6 is 0 Å².